The van der Waals surface area contributed by atoms with E-state index in [0.29, 0.717) is 11.3 Å². The van der Waals surface area contributed by atoms with Gasteiger partial charge in [0.05, 0.1) is 22.9 Å². The molecule has 0 unspecified atom stereocenters. The normalized spacial score (nSPS) is 14.0. The Labute approximate surface area is 179 Å². The average Bonchev–Trinajstić information content (AvgIpc) is 2.64. The lowest BCUT2D eigenvalue weighted by molar-refractivity contribution is -0.122. The van der Waals surface area contributed by atoms with E-state index in [4.69, 9.17) is 0 Å². The molecule has 2 rings (SSSR count). The molecule has 0 heterocycles. The summed E-state index contributed by atoms with van der Waals surface area (Å²) in [6.07, 6.45) is 2.50. The highest BCUT2D eigenvalue weighted by molar-refractivity contribution is 7.92. The van der Waals surface area contributed by atoms with E-state index in [-0.39, 0.29) is 11.3 Å². The van der Waals surface area contributed by atoms with E-state index in [1.54, 1.807) is 44.2 Å². The Hall–Kier alpha value is -2.39. The van der Waals surface area contributed by atoms with Gasteiger partial charge in [-0.2, -0.15) is 0 Å². The maximum Gasteiger partial charge on any atom is 0.244 e. The van der Waals surface area contributed by atoms with Crippen molar-refractivity contribution in [3.8, 4) is 0 Å². The Morgan fingerprint density at radius 2 is 1.63 bits per heavy atom. The minimum atomic E-state index is -3.71. The van der Waals surface area contributed by atoms with Gasteiger partial charge in [0, 0.05) is 6.26 Å². The number of hydrogen-bond donors (Lipinski definition) is 1. The third kappa shape index (κ3) is 5.82. The van der Waals surface area contributed by atoms with Gasteiger partial charge in [-0.15, -0.1) is 0 Å². The fraction of sp³-hybridized carbons (Fsp3) is 0.381. The van der Waals surface area contributed by atoms with Gasteiger partial charge in [-0.25, -0.2) is 16.8 Å². The van der Waals surface area contributed by atoms with Crippen LogP contribution in [0.25, 0.3) is 0 Å². The van der Waals surface area contributed by atoms with Gasteiger partial charge >= 0.3 is 0 Å². The molecule has 0 spiro atoms. The smallest absolute Gasteiger partial charge is 0.244 e. The molecule has 1 N–H and O–H groups in total. The van der Waals surface area contributed by atoms with Gasteiger partial charge in [-0.1, -0.05) is 31.2 Å². The van der Waals surface area contributed by atoms with Crippen molar-refractivity contribution >= 4 is 31.5 Å². The molecule has 1 amide bonds. The number of carbonyl (C=O) groups excluding carboxylic acids is 1. The molecule has 0 saturated heterocycles. The lowest BCUT2D eigenvalue weighted by Crippen LogP contribution is -2.49. The fourth-order valence-corrected chi connectivity index (χ4v) is 5.06. The summed E-state index contributed by atoms with van der Waals surface area (Å²) in [5.41, 5.74) is 2.03. The van der Waals surface area contributed by atoms with Crippen LogP contribution in [0.15, 0.2) is 53.4 Å². The maximum atomic E-state index is 13.0. The minimum absolute atomic E-state index is 0.193. The lowest BCUT2D eigenvalue weighted by Gasteiger charge is -2.31. The second kappa shape index (κ2) is 9.18. The van der Waals surface area contributed by atoms with E-state index < -0.39 is 37.9 Å². The monoisotopic (exact) mass is 452 g/mol. The number of amides is 1. The van der Waals surface area contributed by atoms with Gasteiger partial charge in [-0.05, 0) is 55.7 Å². The van der Waals surface area contributed by atoms with E-state index in [1.807, 2.05) is 13.0 Å². The third-order valence-corrected chi connectivity index (χ3v) is 7.06. The van der Waals surface area contributed by atoms with Crippen molar-refractivity contribution in [2.24, 2.45) is 0 Å². The van der Waals surface area contributed by atoms with Crippen LogP contribution < -0.4 is 9.62 Å². The first-order valence-electron chi connectivity index (χ1n) is 9.51. The quantitative estimate of drug-likeness (QED) is 0.664. The molecule has 2 aromatic carbocycles. The number of hydrogen-bond acceptors (Lipinski definition) is 5. The van der Waals surface area contributed by atoms with E-state index in [1.165, 1.54) is 12.1 Å². The number of sulfone groups is 1. The summed E-state index contributed by atoms with van der Waals surface area (Å²) in [7, 11) is -7.02. The summed E-state index contributed by atoms with van der Waals surface area (Å²) in [5, 5.41) is 2.85. The summed E-state index contributed by atoms with van der Waals surface area (Å²) in [5.74, 6) is -0.427. The number of anilines is 1. The summed E-state index contributed by atoms with van der Waals surface area (Å²) in [6, 6.07) is 11.9. The standard InChI is InChI=1S/C21H28N2O5S2/c1-6-20(23(30(5,27)28)18-9-7-8-15(2)14-18)21(24)22-16(3)17-10-12-19(13-11-17)29(4,25)26/h7-14,16,20H,6H2,1-5H3,(H,22,24)/t16-,20-/m1/s1. The Morgan fingerprint density at radius 1 is 1.03 bits per heavy atom. The van der Waals surface area contributed by atoms with Crippen LogP contribution in [0.5, 0.6) is 0 Å². The van der Waals surface area contributed by atoms with Crippen molar-refractivity contribution in [3.63, 3.8) is 0 Å². The SMILES string of the molecule is CC[C@H](C(=O)N[C@H](C)c1ccc(S(C)(=O)=O)cc1)N(c1cccc(C)c1)S(C)(=O)=O. The van der Waals surface area contributed by atoms with E-state index in [2.05, 4.69) is 5.32 Å². The molecule has 0 aliphatic rings. The molecule has 2 atom stereocenters. The number of sulfonamides is 1. The van der Waals surface area contributed by atoms with Gasteiger partial charge in [0.1, 0.15) is 6.04 Å². The van der Waals surface area contributed by atoms with Crippen LogP contribution in [0.3, 0.4) is 0 Å². The Bertz CT molecular complexity index is 1110. The predicted molar refractivity (Wildman–Crippen MR) is 119 cm³/mol. The molecule has 2 aromatic rings. The van der Waals surface area contributed by atoms with Crippen LogP contribution in [0.1, 0.15) is 37.4 Å². The molecule has 7 nitrogen and oxygen atoms in total. The van der Waals surface area contributed by atoms with Gasteiger partial charge in [0.15, 0.2) is 9.84 Å². The summed E-state index contributed by atoms with van der Waals surface area (Å²) in [6.45, 7) is 5.37. The molecular weight excluding hydrogens is 424 g/mol. The number of aryl methyl sites for hydroxylation is 1. The number of rotatable bonds is 8. The Morgan fingerprint density at radius 3 is 2.10 bits per heavy atom. The van der Waals surface area contributed by atoms with Gasteiger partial charge in [0.25, 0.3) is 0 Å². The van der Waals surface area contributed by atoms with E-state index in [9.17, 15) is 21.6 Å². The highest BCUT2D eigenvalue weighted by atomic mass is 32.2. The largest absolute Gasteiger partial charge is 0.348 e. The maximum absolute atomic E-state index is 13.0. The second-order valence-corrected chi connectivity index (χ2v) is 11.3. The number of benzene rings is 2. The molecule has 0 radical (unpaired) electrons. The highest BCUT2D eigenvalue weighted by Gasteiger charge is 2.32. The molecule has 0 aliphatic carbocycles. The summed E-state index contributed by atoms with van der Waals surface area (Å²) < 4.78 is 49.4. The molecule has 0 saturated carbocycles. The molecule has 0 bridgehead atoms. The summed E-state index contributed by atoms with van der Waals surface area (Å²) in [4.78, 5) is 13.2. The zero-order valence-electron chi connectivity index (χ0n) is 17.8. The van der Waals surface area contributed by atoms with Crippen LogP contribution in [-0.4, -0.2) is 41.3 Å². The van der Waals surface area contributed by atoms with Crippen molar-refractivity contribution in [3.05, 3.63) is 59.7 Å². The number of carbonyl (C=O) groups is 1. The van der Waals surface area contributed by atoms with Crippen molar-refractivity contribution in [1.29, 1.82) is 0 Å². The molecular formula is C21H28N2O5S2. The molecule has 30 heavy (non-hydrogen) atoms. The van der Waals surface area contributed by atoms with E-state index in [0.717, 1.165) is 22.4 Å². The second-order valence-electron chi connectivity index (χ2n) is 7.39. The van der Waals surface area contributed by atoms with Crippen LogP contribution >= 0.6 is 0 Å². The topological polar surface area (TPSA) is 101 Å². The number of nitrogens with one attached hydrogen (secondary N) is 1. The fourth-order valence-electron chi connectivity index (χ4n) is 3.22. The van der Waals surface area contributed by atoms with Crippen molar-refractivity contribution < 1.29 is 21.6 Å². The Kier molecular flexibility index (Phi) is 7.31. The first-order chi connectivity index (χ1) is 13.8. The van der Waals surface area contributed by atoms with Crippen LogP contribution in [0.2, 0.25) is 0 Å². The average molecular weight is 453 g/mol. The lowest BCUT2D eigenvalue weighted by atomic mass is 10.1. The number of nitrogens with zero attached hydrogens (tertiary/aromatic N) is 1. The highest BCUT2D eigenvalue weighted by Crippen LogP contribution is 2.24. The molecule has 0 aliphatic heterocycles. The first kappa shape index (κ1) is 23.9. The molecule has 0 fully saturated rings. The van der Waals surface area contributed by atoms with Crippen LogP contribution in [0, 0.1) is 6.92 Å². The molecule has 9 heteroatoms. The van der Waals surface area contributed by atoms with Crippen molar-refractivity contribution in [1.82, 2.24) is 5.32 Å². The van der Waals surface area contributed by atoms with Crippen molar-refractivity contribution in [2.45, 2.75) is 44.2 Å². The first-order valence-corrected chi connectivity index (χ1v) is 13.2. The van der Waals surface area contributed by atoms with E-state index >= 15 is 0 Å². The summed E-state index contributed by atoms with van der Waals surface area (Å²) >= 11 is 0. The van der Waals surface area contributed by atoms with Crippen LogP contribution in [0.4, 0.5) is 5.69 Å². The van der Waals surface area contributed by atoms with Crippen molar-refractivity contribution in [2.75, 3.05) is 16.8 Å². The van der Waals surface area contributed by atoms with Gasteiger partial charge < -0.3 is 5.32 Å². The zero-order chi connectivity index (χ0) is 22.7. The van der Waals surface area contributed by atoms with Crippen LogP contribution in [-0.2, 0) is 24.7 Å². The molecule has 164 valence electrons. The molecule has 0 aromatic heterocycles. The van der Waals surface area contributed by atoms with Gasteiger partial charge in [-0.3, -0.25) is 9.10 Å². The zero-order valence-corrected chi connectivity index (χ0v) is 19.4. The predicted octanol–water partition coefficient (Wildman–Crippen LogP) is 2.82. The Balaban J connectivity index is 2.29. The third-order valence-electron chi connectivity index (χ3n) is 4.75. The van der Waals surface area contributed by atoms with Gasteiger partial charge in [0.2, 0.25) is 15.9 Å². The minimum Gasteiger partial charge on any atom is -0.348 e.